The highest BCUT2D eigenvalue weighted by Gasteiger charge is 2.27. The van der Waals surface area contributed by atoms with Crippen LogP contribution in [0.15, 0.2) is 58.9 Å². The molecule has 0 spiro atoms. The Morgan fingerprint density at radius 3 is 2.93 bits per heavy atom. The van der Waals surface area contributed by atoms with Crippen LogP contribution in [0.3, 0.4) is 0 Å². The van der Waals surface area contributed by atoms with E-state index in [4.69, 9.17) is 0 Å². The van der Waals surface area contributed by atoms with Crippen LogP contribution >= 0.6 is 0 Å². The van der Waals surface area contributed by atoms with Crippen molar-refractivity contribution >= 4 is 38.4 Å². The van der Waals surface area contributed by atoms with E-state index in [1.807, 2.05) is 18.3 Å². The van der Waals surface area contributed by atoms with E-state index in [9.17, 15) is 13.2 Å². The number of hydrogen-bond acceptors (Lipinski definition) is 5. The molecule has 0 saturated heterocycles. The maximum atomic E-state index is 12.9. The molecule has 5 heterocycles. The number of pyridine rings is 1. The number of H-pyrrole nitrogens is 1. The summed E-state index contributed by atoms with van der Waals surface area (Å²) in [4.78, 5) is 24.0. The van der Waals surface area contributed by atoms with Crippen molar-refractivity contribution in [3.63, 3.8) is 0 Å². The third-order valence-corrected chi connectivity index (χ3v) is 6.53. The minimum Gasteiger partial charge on any atom is -0.346 e. The van der Waals surface area contributed by atoms with Crippen molar-refractivity contribution in [1.29, 1.82) is 0 Å². The second-order valence-electron chi connectivity index (χ2n) is 7.18. The topological polar surface area (TPSA) is 98.7 Å². The van der Waals surface area contributed by atoms with Gasteiger partial charge in [-0.3, -0.25) is 4.79 Å². The van der Waals surface area contributed by atoms with Gasteiger partial charge >= 0.3 is 0 Å². The highest BCUT2D eigenvalue weighted by Crippen LogP contribution is 2.29. The molecule has 3 aliphatic rings. The molecule has 0 aliphatic carbocycles. The van der Waals surface area contributed by atoms with E-state index in [2.05, 4.69) is 20.4 Å². The van der Waals surface area contributed by atoms with Gasteiger partial charge in [-0.2, -0.15) is 0 Å². The Kier molecular flexibility index (Phi) is 4.13. The number of rotatable bonds is 2. The molecule has 0 aromatic carbocycles. The normalized spacial score (nSPS) is 20.8. The lowest BCUT2D eigenvalue weighted by molar-refractivity contribution is -0.126. The molecular weight excluding hydrogens is 390 g/mol. The van der Waals surface area contributed by atoms with Crippen LogP contribution in [-0.4, -0.2) is 65.3 Å². The average Bonchev–Trinajstić information content (AvgIpc) is 3.16. The fraction of sp³-hybridized carbons (Fsp3) is 0.250. The van der Waals surface area contributed by atoms with E-state index in [0.717, 1.165) is 23.0 Å². The van der Waals surface area contributed by atoms with Crippen LogP contribution in [0.2, 0.25) is 0 Å². The first-order valence-electron chi connectivity index (χ1n) is 9.40. The highest BCUT2D eigenvalue weighted by molar-refractivity contribution is 7.90. The number of sulfonamides is 1. The molecule has 0 bridgehead atoms. The van der Waals surface area contributed by atoms with E-state index in [1.54, 1.807) is 34.3 Å². The van der Waals surface area contributed by atoms with E-state index >= 15 is 0 Å². The van der Waals surface area contributed by atoms with E-state index < -0.39 is 10.0 Å². The lowest BCUT2D eigenvalue weighted by Gasteiger charge is -2.30. The smallest absolute Gasteiger partial charge is 0.256 e. The van der Waals surface area contributed by atoms with Crippen molar-refractivity contribution < 1.29 is 13.2 Å². The molecule has 0 atom stereocenters. The predicted octanol–water partition coefficient (Wildman–Crippen LogP) is 1.68. The number of hydrogen-bond donors (Lipinski definition) is 1. The summed E-state index contributed by atoms with van der Waals surface area (Å²) in [5.41, 5.74) is 3.74. The van der Waals surface area contributed by atoms with E-state index in [0.29, 0.717) is 31.0 Å². The maximum Gasteiger partial charge on any atom is 0.256 e. The number of nitrogens with one attached hydrogen (secondary N) is 1. The number of amides is 1. The minimum absolute atomic E-state index is 0.0440. The number of fused-ring (bicyclic) bond motifs is 2. The number of aromatic amines is 1. The summed E-state index contributed by atoms with van der Waals surface area (Å²) in [6, 6.07) is 3.96. The number of nitrogens with zero attached hydrogens (tertiary/aromatic N) is 4. The van der Waals surface area contributed by atoms with Crippen molar-refractivity contribution in [3.8, 4) is 0 Å². The molecule has 1 amide bonds. The standard InChI is InChI=1S/C20H19N5O3S/c26-20(15-3-4-18-23-29(27,28)11-10-25(18)13-15)24-8-5-14(6-9-24)17-12-22-19-16(17)2-1-7-21-19/h1-5,7,12-13H,6,8-11H2,(H,21,22). The lowest BCUT2D eigenvalue weighted by Crippen LogP contribution is -2.40. The van der Waals surface area contributed by atoms with Gasteiger partial charge in [-0.25, -0.2) is 13.4 Å². The SMILES string of the molecule is O=C(C1=CN2CCS(=O)(=O)N=C2C=C1)N1CC=C(c2c[nH]c3ncccc23)CC1. The monoisotopic (exact) mass is 409 g/mol. The zero-order chi connectivity index (χ0) is 20.0. The van der Waals surface area contributed by atoms with Crippen LogP contribution in [0, 0.1) is 0 Å². The third-order valence-electron chi connectivity index (χ3n) is 5.36. The third kappa shape index (κ3) is 3.27. The first-order valence-corrected chi connectivity index (χ1v) is 11.0. The molecule has 1 N–H and O–H groups in total. The molecule has 2 aromatic heterocycles. The molecule has 9 heteroatoms. The van der Waals surface area contributed by atoms with Crippen LogP contribution in [-0.2, 0) is 14.8 Å². The Balaban J connectivity index is 1.33. The van der Waals surface area contributed by atoms with E-state index in [1.165, 1.54) is 5.57 Å². The molecule has 0 saturated carbocycles. The molecule has 0 unspecified atom stereocenters. The van der Waals surface area contributed by atoms with Crippen molar-refractivity contribution in [3.05, 3.63) is 60.1 Å². The second kappa shape index (κ2) is 6.70. The molecule has 3 aliphatic heterocycles. The van der Waals surface area contributed by atoms with Crippen molar-refractivity contribution in [2.45, 2.75) is 6.42 Å². The fourth-order valence-electron chi connectivity index (χ4n) is 3.83. The maximum absolute atomic E-state index is 12.9. The highest BCUT2D eigenvalue weighted by atomic mass is 32.2. The van der Waals surface area contributed by atoms with Gasteiger partial charge in [0.2, 0.25) is 0 Å². The summed E-state index contributed by atoms with van der Waals surface area (Å²) in [5, 5.41) is 1.09. The zero-order valence-electron chi connectivity index (χ0n) is 15.6. The lowest BCUT2D eigenvalue weighted by atomic mass is 9.99. The summed E-state index contributed by atoms with van der Waals surface area (Å²) in [6.07, 6.45) is 11.5. The van der Waals surface area contributed by atoms with Crippen LogP contribution in [0.4, 0.5) is 0 Å². The molecule has 148 valence electrons. The quantitative estimate of drug-likeness (QED) is 0.814. The Morgan fingerprint density at radius 1 is 1.21 bits per heavy atom. The fourth-order valence-corrected chi connectivity index (χ4v) is 4.80. The molecule has 8 nitrogen and oxygen atoms in total. The van der Waals surface area contributed by atoms with Crippen molar-refractivity contribution in [1.82, 2.24) is 19.8 Å². The number of carbonyl (C=O) groups is 1. The molecule has 0 radical (unpaired) electrons. The average molecular weight is 409 g/mol. The van der Waals surface area contributed by atoms with Gasteiger partial charge in [-0.15, -0.1) is 4.40 Å². The van der Waals surface area contributed by atoms with Gasteiger partial charge in [-0.1, -0.05) is 6.08 Å². The Labute approximate surface area is 168 Å². The largest absolute Gasteiger partial charge is 0.346 e. The number of amidine groups is 1. The number of carbonyl (C=O) groups excluding carboxylic acids is 1. The van der Waals surface area contributed by atoms with Gasteiger partial charge in [0.25, 0.3) is 15.9 Å². The molecule has 5 rings (SSSR count). The summed E-state index contributed by atoms with van der Waals surface area (Å²) >= 11 is 0. The zero-order valence-corrected chi connectivity index (χ0v) is 16.4. The summed E-state index contributed by atoms with van der Waals surface area (Å²) in [7, 11) is -3.40. The minimum atomic E-state index is -3.40. The summed E-state index contributed by atoms with van der Waals surface area (Å²) in [6.45, 7) is 1.46. The summed E-state index contributed by atoms with van der Waals surface area (Å²) in [5.74, 6) is 0.253. The molecule has 29 heavy (non-hydrogen) atoms. The first kappa shape index (κ1) is 17.9. The Morgan fingerprint density at radius 2 is 2.10 bits per heavy atom. The van der Waals surface area contributed by atoms with Gasteiger partial charge in [0.05, 0.1) is 11.3 Å². The van der Waals surface area contributed by atoms with E-state index in [-0.39, 0.29) is 11.7 Å². The van der Waals surface area contributed by atoms with Crippen molar-refractivity contribution in [2.24, 2.45) is 4.40 Å². The Hall–Kier alpha value is -3.20. The summed E-state index contributed by atoms with van der Waals surface area (Å²) < 4.78 is 27.0. The molecular formula is C20H19N5O3S. The van der Waals surface area contributed by atoms with Gasteiger partial charge in [0.15, 0.2) is 0 Å². The van der Waals surface area contributed by atoms with Gasteiger partial charge in [0.1, 0.15) is 11.5 Å². The molecule has 2 aromatic rings. The van der Waals surface area contributed by atoms with Gasteiger partial charge < -0.3 is 14.8 Å². The van der Waals surface area contributed by atoms with Crippen LogP contribution < -0.4 is 0 Å². The first-order chi connectivity index (χ1) is 14.0. The predicted molar refractivity (Wildman–Crippen MR) is 110 cm³/mol. The second-order valence-corrected chi connectivity index (χ2v) is 8.93. The van der Waals surface area contributed by atoms with Crippen LogP contribution in [0.5, 0.6) is 0 Å². The molecule has 0 fully saturated rings. The van der Waals surface area contributed by atoms with Crippen molar-refractivity contribution in [2.75, 3.05) is 25.4 Å². The Bertz CT molecular complexity index is 1240. The van der Waals surface area contributed by atoms with Crippen LogP contribution in [0.25, 0.3) is 16.6 Å². The van der Waals surface area contributed by atoms with Gasteiger partial charge in [0, 0.05) is 49.2 Å². The van der Waals surface area contributed by atoms with Gasteiger partial charge in [-0.05, 0) is 36.3 Å². The van der Waals surface area contributed by atoms with Crippen LogP contribution in [0.1, 0.15) is 12.0 Å². The number of aromatic nitrogens is 2.